The fraction of sp³-hybridized carbons (Fsp3) is 0.417. The van der Waals surface area contributed by atoms with E-state index in [-0.39, 0.29) is 23.3 Å². The van der Waals surface area contributed by atoms with E-state index in [1.54, 1.807) is 26.2 Å². The number of rotatable bonds is 3. The first kappa shape index (κ1) is 23.4. The highest BCUT2D eigenvalue weighted by molar-refractivity contribution is 7.09. The zero-order chi connectivity index (χ0) is 24.9. The molecule has 5 rings (SSSR count). The fourth-order valence-electron chi connectivity index (χ4n) is 4.42. The maximum absolute atomic E-state index is 13.3. The van der Waals surface area contributed by atoms with E-state index >= 15 is 0 Å². The van der Waals surface area contributed by atoms with Crippen molar-refractivity contribution in [2.24, 2.45) is 13.0 Å². The molecule has 0 amide bonds. The minimum absolute atomic E-state index is 0.0814. The molecule has 0 saturated carbocycles. The molecule has 7 nitrogen and oxygen atoms in total. The molecular formula is C24H20F3N5O2S. The summed E-state index contributed by atoms with van der Waals surface area (Å²) in [5.41, 5.74) is 4.53. The number of fused-ring (bicyclic) bond motifs is 1. The maximum Gasteiger partial charge on any atom is 0.396 e. The van der Waals surface area contributed by atoms with E-state index in [0.717, 1.165) is 22.3 Å². The van der Waals surface area contributed by atoms with Crippen LogP contribution in [0.5, 0.6) is 0 Å². The monoisotopic (exact) mass is 499 g/mol. The van der Waals surface area contributed by atoms with Crippen molar-refractivity contribution >= 4 is 27.9 Å². The van der Waals surface area contributed by atoms with Gasteiger partial charge in [-0.2, -0.15) is 18.4 Å². The average Bonchev–Trinajstić information content (AvgIpc) is 3.45. The normalized spacial score (nSPS) is 22.4. The van der Waals surface area contributed by atoms with Crippen LogP contribution in [0.3, 0.4) is 0 Å². The summed E-state index contributed by atoms with van der Waals surface area (Å²) in [6.45, 7) is 2.12. The van der Waals surface area contributed by atoms with Crippen LogP contribution in [0.25, 0.3) is 16.6 Å². The lowest BCUT2D eigenvalue weighted by molar-refractivity contribution is -0.158. The predicted molar refractivity (Wildman–Crippen MR) is 123 cm³/mol. The lowest BCUT2D eigenvalue weighted by Crippen LogP contribution is -2.21. The van der Waals surface area contributed by atoms with E-state index in [1.165, 1.54) is 4.57 Å². The molecule has 0 radical (unpaired) electrons. The second-order valence-electron chi connectivity index (χ2n) is 8.77. The van der Waals surface area contributed by atoms with E-state index in [2.05, 4.69) is 21.8 Å². The number of ether oxygens (including phenoxy) is 1. The predicted octanol–water partition coefficient (Wildman–Crippen LogP) is 4.72. The molecule has 0 unspecified atom stereocenters. The minimum atomic E-state index is -4.38. The molecule has 3 aromatic rings. The van der Waals surface area contributed by atoms with Crippen LogP contribution in [0.15, 0.2) is 28.9 Å². The van der Waals surface area contributed by atoms with Gasteiger partial charge in [-0.25, -0.2) is 15.0 Å². The van der Waals surface area contributed by atoms with Gasteiger partial charge in [0, 0.05) is 36.7 Å². The van der Waals surface area contributed by atoms with Gasteiger partial charge in [0.25, 0.3) is 0 Å². The molecule has 35 heavy (non-hydrogen) atoms. The summed E-state index contributed by atoms with van der Waals surface area (Å²) in [5, 5.41) is 9.88. The van der Waals surface area contributed by atoms with Crippen LogP contribution < -0.4 is 4.87 Å². The number of thiazole rings is 1. The molecule has 3 atom stereocenters. The molecule has 0 N–H and O–H groups in total. The van der Waals surface area contributed by atoms with Gasteiger partial charge in [-0.05, 0) is 38.3 Å². The van der Waals surface area contributed by atoms with Crippen molar-refractivity contribution in [3.8, 4) is 6.07 Å². The van der Waals surface area contributed by atoms with Crippen LogP contribution in [0.1, 0.15) is 58.9 Å². The molecule has 0 bridgehead atoms. The number of hydrogen-bond donors (Lipinski definition) is 0. The van der Waals surface area contributed by atoms with E-state index in [0.29, 0.717) is 58.8 Å². The Hall–Kier alpha value is -3.32. The summed E-state index contributed by atoms with van der Waals surface area (Å²) in [7, 11) is 1.68. The van der Waals surface area contributed by atoms with Gasteiger partial charge >= 0.3 is 11.0 Å². The molecule has 1 aliphatic carbocycles. The quantitative estimate of drug-likeness (QED) is 0.484. The van der Waals surface area contributed by atoms with Gasteiger partial charge in [-0.1, -0.05) is 11.3 Å². The van der Waals surface area contributed by atoms with Crippen LogP contribution in [0, 0.1) is 24.2 Å². The summed E-state index contributed by atoms with van der Waals surface area (Å²) in [5.74, 6) is -1.31. The highest BCUT2D eigenvalue weighted by Crippen LogP contribution is 2.41. The second-order valence-corrected chi connectivity index (χ2v) is 9.79. The van der Waals surface area contributed by atoms with E-state index < -0.39 is 12.1 Å². The van der Waals surface area contributed by atoms with Crippen molar-refractivity contribution in [3.63, 3.8) is 0 Å². The lowest BCUT2D eigenvalue weighted by atomic mass is 9.93. The topological polar surface area (TPSA) is 93.7 Å². The molecule has 4 heterocycles. The molecular weight excluding hydrogens is 479 g/mol. The van der Waals surface area contributed by atoms with Gasteiger partial charge in [0.15, 0.2) is 5.65 Å². The van der Waals surface area contributed by atoms with Crippen molar-refractivity contribution in [3.05, 3.63) is 61.4 Å². The van der Waals surface area contributed by atoms with Crippen molar-refractivity contribution < 1.29 is 17.9 Å². The van der Waals surface area contributed by atoms with Gasteiger partial charge in [-0.3, -0.25) is 4.79 Å². The van der Waals surface area contributed by atoms with E-state index in [9.17, 15) is 23.2 Å². The standard InChI is InChI=1S/C24H20F3N5O2S/c1-12-15(10-28)8-17-20(13-3-4-16(7-13)24(25,26)27)30-21(31-22(17)29-12)14-5-6-34-18(9-14)19-11-32(2)23(33)35-19/h4,8,11,14,16,18H,5-7,9H2,1-2H3/t14-,16-,18+/m0/s1. The summed E-state index contributed by atoms with van der Waals surface area (Å²) in [4.78, 5) is 26.5. The van der Waals surface area contributed by atoms with Crippen molar-refractivity contribution in [1.29, 1.82) is 5.26 Å². The molecule has 1 saturated heterocycles. The Bertz CT molecular complexity index is 1490. The smallest absolute Gasteiger partial charge is 0.373 e. The van der Waals surface area contributed by atoms with Crippen molar-refractivity contribution in [1.82, 2.24) is 19.5 Å². The van der Waals surface area contributed by atoms with Gasteiger partial charge in [0.05, 0.1) is 33.9 Å². The largest absolute Gasteiger partial charge is 0.396 e. The second kappa shape index (κ2) is 8.72. The van der Waals surface area contributed by atoms with Crippen LogP contribution in [-0.4, -0.2) is 32.3 Å². The number of aromatic nitrogens is 4. The first-order chi connectivity index (χ1) is 16.6. The number of halogens is 3. The van der Waals surface area contributed by atoms with Gasteiger partial charge in [-0.15, -0.1) is 5.73 Å². The molecule has 1 fully saturated rings. The van der Waals surface area contributed by atoms with Gasteiger partial charge in [0.2, 0.25) is 0 Å². The van der Waals surface area contributed by atoms with Crippen LogP contribution >= 0.6 is 11.3 Å². The Morgan fingerprint density at radius 3 is 2.77 bits per heavy atom. The third kappa shape index (κ3) is 4.41. The molecule has 180 valence electrons. The molecule has 0 aromatic carbocycles. The summed E-state index contributed by atoms with van der Waals surface area (Å²) in [6.07, 6.45) is -1.02. The van der Waals surface area contributed by atoms with Crippen molar-refractivity contribution in [2.45, 2.75) is 44.4 Å². The van der Waals surface area contributed by atoms with E-state index in [1.807, 2.05) is 0 Å². The first-order valence-electron chi connectivity index (χ1n) is 11.0. The minimum Gasteiger partial charge on any atom is -0.373 e. The molecule has 1 aliphatic heterocycles. The molecule has 0 spiro atoms. The zero-order valence-corrected chi connectivity index (χ0v) is 19.7. The SMILES string of the molecule is Cc1nc2nc([C@H]3CCO[C@@H](c4cn(C)c(=O)s4)C3)nc(C3=C=C[C@H](C(F)(F)F)C3)c2cc1C#N. The van der Waals surface area contributed by atoms with Crippen molar-refractivity contribution in [2.75, 3.05) is 6.61 Å². The number of nitrogens with zero attached hydrogens (tertiary/aromatic N) is 5. The molecule has 11 heteroatoms. The van der Waals surface area contributed by atoms with Crippen LogP contribution in [-0.2, 0) is 11.8 Å². The number of allylic oxidation sites excluding steroid dienone is 1. The highest BCUT2D eigenvalue weighted by Gasteiger charge is 2.41. The first-order valence-corrected chi connectivity index (χ1v) is 11.9. The Morgan fingerprint density at radius 2 is 2.11 bits per heavy atom. The lowest BCUT2D eigenvalue weighted by Gasteiger charge is -2.28. The number of alkyl halides is 3. The highest BCUT2D eigenvalue weighted by atomic mass is 32.1. The third-order valence-corrected chi connectivity index (χ3v) is 7.45. The maximum atomic E-state index is 13.3. The summed E-state index contributed by atoms with van der Waals surface area (Å²) in [6, 6.07) is 3.65. The Morgan fingerprint density at radius 1 is 1.31 bits per heavy atom. The zero-order valence-electron chi connectivity index (χ0n) is 18.9. The Balaban J connectivity index is 1.57. The number of aryl methyl sites for hydroxylation is 2. The van der Waals surface area contributed by atoms with E-state index in [4.69, 9.17) is 9.72 Å². The summed E-state index contributed by atoms with van der Waals surface area (Å²) >= 11 is 1.13. The van der Waals surface area contributed by atoms with Gasteiger partial charge in [0.1, 0.15) is 11.9 Å². The molecule has 3 aromatic heterocycles. The molecule has 2 aliphatic rings. The Labute approximate surface area is 202 Å². The number of pyridine rings is 1. The number of nitriles is 1. The van der Waals surface area contributed by atoms with Gasteiger partial charge < -0.3 is 9.30 Å². The summed E-state index contributed by atoms with van der Waals surface area (Å²) < 4.78 is 47.4. The third-order valence-electron chi connectivity index (χ3n) is 6.38. The fourth-order valence-corrected chi connectivity index (χ4v) is 5.33. The number of hydrogen-bond acceptors (Lipinski definition) is 7. The van der Waals surface area contributed by atoms with Crippen LogP contribution in [0.4, 0.5) is 13.2 Å². The van der Waals surface area contributed by atoms with Crippen LogP contribution in [0.2, 0.25) is 0 Å². The Kier molecular flexibility index (Phi) is 5.83. The average molecular weight is 500 g/mol.